The number of guanidine groups is 5. The van der Waals surface area contributed by atoms with Gasteiger partial charge in [-0.2, -0.15) is 0 Å². The van der Waals surface area contributed by atoms with Gasteiger partial charge in [-0.25, -0.2) is 4.79 Å². The van der Waals surface area contributed by atoms with Crippen molar-refractivity contribution in [2.45, 2.75) is 170 Å². The Hall–Kier alpha value is -10.3. The number of unbranched alkanes of at least 4 members (excludes halogenated alkanes) is 1. The van der Waals surface area contributed by atoms with Crippen molar-refractivity contribution in [3.63, 3.8) is 0 Å². The number of aliphatic imine (C=N–C) groups is 5. The van der Waals surface area contributed by atoms with Crippen molar-refractivity contribution >= 4 is 94.9 Å². The lowest BCUT2D eigenvalue weighted by Gasteiger charge is -2.28. The highest BCUT2D eigenvalue weighted by Gasteiger charge is 2.35. The molecule has 0 aliphatic carbocycles. The van der Waals surface area contributed by atoms with E-state index in [1.807, 2.05) is 0 Å². The van der Waals surface area contributed by atoms with Gasteiger partial charge in [0.15, 0.2) is 29.8 Å². The van der Waals surface area contributed by atoms with Crippen LogP contribution in [-0.4, -0.2) is 199 Å². The Morgan fingerprint density at radius 1 is 0.351 bits per heavy atom. The summed E-state index contributed by atoms with van der Waals surface area (Å²) in [6, 6.07) is -4.84. The number of hydrogen-bond donors (Lipinski definition) is 23. The van der Waals surface area contributed by atoms with E-state index in [0.717, 1.165) is 0 Å². The smallest absolute Gasteiger partial charge is 0.326 e. The van der Waals surface area contributed by atoms with Gasteiger partial charge in [-0.15, -0.1) is 0 Å². The van der Waals surface area contributed by atoms with Crippen molar-refractivity contribution in [2.24, 2.45) is 99.5 Å². The minimum Gasteiger partial charge on any atom is -0.481 e. The van der Waals surface area contributed by atoms with Crippen LogP contribution in [0.2, 0.25) is 0 Å². The molecule has 526 valence electrons. The summed E-state index contributed by atoms with van der Waals surface area (Å²) in [6.45, 7) is 0.141. The first-order valence-corrected chi connectivity index (χ1v) is 30.4. The first-order chi connectivity index (χ1) is 44.4. The molecule has 36 N–H and O–H groups in total. The van der Waals surface area contributed by atoms with Gasteiger partial charge in [-0.3, -0.25) is 72.9 Å². The molecule has 1 aromatic carbocycles. The summed E-state index contributed by atoms with van der Waals surface area (Å²) in [5.41, 5.74) is 72.9. The van der Waals surface area contributed by atoms with Crippen LogP contribution in [0.5, 0.6) is 0 Å². The van der Waals surface area contributed by atoms with Crippen LogP contribution < -0.4 is 117 Å². The van der Waals surface area contributed by atoms with Gasteiger partial charge in [0, 0.05) is 52.0 Å². The van der Waals surface area contributed by atoms with Crippen molar-refractivity contribution in [3.05, 3.63) is 35.9 Å². The largest absolute Gasteiger partial charge is 0.481 e. The normalized spacial score (nSPS) is 13.6. The fourth-order valence-electron chi connectivity index (χ4n) is 8.83. The molecule has 0 aromatic heterocycles. The van der Waals surface area contributed by atoms with Gasteiger partial charge in [-0.1, -0.05) is 30.3 Å². The summed E-state index contributed by atoms with van der Waals surface area (Å²) < 4.78 is 0. The van der Waals surface area contributed by atoms with Crippen LogP contribution in [0.1, 0.15) is 115 Å². The van der Waals surface area contributed by atoms with Crippen LogP contribution >= 0.6 is 0 Å². The van der Waals surface area contributed by atoms with Gasteiger partial charge in [0.25, 0.3) is 0 Å². The molecule has 0 saturated heterocycles. The number of hydrogen-bond acceptors (Lipinski definition) is 18. The second-order valence-corrected chi connectivity index (χ2v) is 21.6. The second kappa shape index (κ2) is 45.8. The van der Waals surface area contributed by atoms with E-state index in [1.54, 1.807) is 30.3 Å². The van der Waals surface area contributed by atoms with Gasteiger partial charge in [0.2, 0.25) is 53.2 Å². The molecule has 0 bridgehead atoms. The molecule has 0 heterocycles. The highest BCUT2D eigenvalue weighted by atomic mass is 16.4. The molecular formula is C55H98N26O13. The van der Waals surface area contributed by atoms with Crippen LogP contribution in [0.3, 0.4) is 0 Å². The number of rotatable bonds is 49. The number of nitrogens with two attached hydrogens (primary N) is 13. The topological polar surface area (TPSA) is 725 Å². The maximum atomic E-state index is 14.7. The molecule has 9 atom stereocenters. The number of amides is 9. The maximum absolute atomic E-state index is 14.7. The first-order valence-electron chi connectivity index (χ1n) is 30.4. The lowest BCUT2D eigenvalue weighted by atomic mass is 10.0. The Labute approximate surface area is 543 Å². The van der Waals surface area contributed by atoms with Crippen LogP contribution in [0.25, 0.3) is 0 Å². The zero-order valence-electron chi connectivity index (χ0n) is 52.7. The molecule has 94 heavy (non-hydrogen) atoms. The second-order valence-electron chi connectivity index (χ2n) is 21.6. The Bertz CT molecular complexity index is 2770. The van der Waals surface area contributed by atoms with Gasteiger partial charge in [0.1, 0.15) is 48.3 Å². The molecule has 0 radical (unpaired) electrons. The molecule has 0 aliphatic heterocycles. The van der Waals surface area contributed by atoms with Crippen molar-refractivity contribution in [1.29, 1.82) is 0 Å². The number of carbonyl (C=O) groups is 11. The Morgan fingerprint density at radius 2 is 0.638 bits per heavy atom. The third-order valence-corrected chi connectivity index (χ3v) is 13.7. The van der Waals surface area contributed by atoms with Gasteiger partial charge in [0.05, 0.1) is 6.04 Å². The number of carboxylic acids is 2. The van der Waals surface area contributed by atoms with E-state index in [-0.39, 0.29) is 140 Å². The molecule has 0 fully saturated rings. The van der Waals surface area contributed by atoms with Crippen LogP contribution in [-0.2, 0) is 59.2 Å². The number of benzene rings is 1. The summed E-state index contributed by atoms with van der Waals surface area (Å²) in [6.07, 6.45) is -2.06. The molecule has 1 aromatic rings. The van der Waals surface area contributed by atoms with Crippen molar-refractivity contribution in [1.82, 2.24) is 42.5 Å². The summed E-state index contributed by atoms with van der Waals surface area (Å²) in [5, 5.41) is 39.7. The Kier molecular flexibility index (Phi) is 39.8. The minimum atomic E-state index is -1.73. The zero-order valence-corrected chi connectivity index (χ0v) is 52.7. The monoisotopic (exact) mass is 1330 g/mol. The van der Waals surface area contributed by atoms with E-state index in [2.05, 4.69) is 67.5 Å². The lowest BCUT2D eigenvalue weighted by molar-refractivity contribution is -0.143. The molecular weight excluding hydrogens is 1230 g/mol. The van der Waals surface area contributed by atoms with Crippen LogP contribution in [0, 0.1) is 0 Å². The molecule has 1 rings (SSSR count). The number of nitrogens with one attached hydrogen (secondary N) is 8. The van der Waals surface area contributed by atoms with Crippen molar-refractivity contribution < 1.29 is 63.0 Å². The standard InChI is InChI=1S/C55H98N26O13/c56-23-5-4-14-32(77-49(92)39(29-30-11-2-1-3-12-30)81-42(85)31(57)13-6-24-69-51(59)60)43(86)74-33(15-7-25-70-52(61)62)44(87)75-34(16-8-26-71-53(63)64)45(88)78-36(19-21-40(58)82)47(90)76-35(17-9-27-72-54(65)66)46(89)79-37(20-22-41(83)84)48(91)80-38(50(93)94)18-10-28-73-55(67)68/h1-3,11-12,31-39H,4-10,13-29,56-57H2,(H2,58,82)(H,74,86)(H,75,87)(H,76,90)(H,77,92)(H,78,88)(H,79,89)(H,80,91)(H,81,85)(H,83,84)(H,93,94)(H4,59,60,69)(H4,61,62,70)(H4,63,64,71)(H4,65,66,72)(H4,67,68,73)/t31-,32+,33+,34-,35+,36+,37+,38-,39+/m1/s1. The molecule has 9 amide bonds. The fourth-order valence-corrected chi connectivity index (χ4v) is 8.83. The van der Waals surface area contributed by atoms with E-state index in [4.69, 9.17) is 74.5 Å². The number of carboxylic acid groups (broad SMARTS) is 2. The summed E-state index contributed by atoms with van der Waals surface area (Å²) in [4.78, 5) is 169. The SMILES string of the molecule is NCCCC[C@H](NC(=O)[C@H](Cc1ccccc1)NC(=O)[C@H](N)CCCN=C(N)N)C(=O)N[C@@H](CCCN=C(N)N)C(=O)N[C@H](CCCN=C(N)N)C(=O)N[C@@H](CCC(N)=O)C(=O)N[C@@H](CCCN=C(N)N)C(=O)N[C@@H](CCC(=O)O)C(=O)N[C@H](CCCN=C(N)N)C(=O)O. The summed E-state index contributed by atoms with van der Waals surface area (Å²) >= 11 is 0. The fraction of sp³-hybridized carbons (Fsp3) is 0.600. The third kappa shape index (κ3) is 37.1. The molecule has 39 heteroatoms. The van der Waals surface area contributed by atoms with Gasteiger partial charge in [-0.05, 0) is 108 Å². The third-order valence-electron chi connectivity index (χ3n) is 13.7. The van der Waals surface area contributed by atoms with Crippen LogP contribution in [0.4, 0.5) is 0 Å². The Morgan fingerprint density at radius 3 is 0.957 bits per heavy atom. The van der Waals surface area contributed by atoms with E-state index < -0.39 is 145 Å². The van der Waals surface area contributed by atoms with Crippen molar-refractivity contribution in [3.8, 4) is 0 Å². The Balaban J connectivity index is 3.84. The van der Waals surface area contributed by atoms with E-state index in [9.17, 15) is 63.0 Å². The molecule has 0 unspecified atom stereocenters. The number of carbonyl (C=O) groups excluding carboxylic acids is 9. The van der Waals surface area contributed by atoms with Crippen LogP contribution in [0.15, 0.2) is 55.3 Å². The average molecular weight is 1330 g/mol. The summed E-state index contributed by atoms with van der Waals surface area (Å²) in [5.74, 6) is -12.9. The predicted molar refractivity (Wildman–Crippen MR) is 349 cm³/mol. The highest BCUT2D eigenvalue weighted by molar-refractivity contribution is 5.98. The average Bonchev–Trinajstić information content (AvgIpc) is 0.897. The zero-order chi connectivity index (χ0) is 70.7. The van der Waals surface area contributed by atoms with E-state index >= 15 is 0 Å². The van der Waals surface area contributed by atoms with E-state index in [1.165, 1.54) is 0 Å². The van der Waals surface area contributed by atoms with Gasteiger partial charge >= 0.3 is 11.9 Å². The molecule has 0 saturated carbocycles. The lowest BCUT2D eigenvalue weighted by Crippen LogP contribution is -2.60. The van der Waals surface area contributed by atoms with Crippen molar-refractivity contribution in [2.75, 3.05) is 39.3 Å². The predicted octanol–water partition coefficient (Wildman–Crippen LogP) is -8.95. The van der Waals surface area contributed by atoms with E-state index in [0.29, 0.717) is 24.8 Å². The molecule has 39 nitrogen and oxygen atoms in total. The maximum Gasteiger partial charge on any atom is 0.326 e. The summed E-state index contributed by atoms with van der Waals surface area (Å²) in [7, 11) is 0. The molecule has 0 aliphatic rings. The first kappa shape index (κ1) is 81.7. The quantitative estimate of drug-likeness (QED) is 0.0164. The number of aliphatic carboxylic acids is 2. The minimum absolute atomic E-state index is 0.00538. The highest BCUT2D eigenvalue weighted by Crippen LogP contribution is 2.13. The number of primary amides is 1. The van der Waals surface area contributed by atoms with Gasteiger partial charge < -0.3 is 127 Å². The molecule has 0 spiro atoms. The number of nitrogens with zero attached hydrogens (tertiary/aromatic N) is 5.